The van der Waals surface area contributed by atoms with Crippen molar-refractivity contribution < 1.29 is 4.79 Å². The number of benzene rings is 1. The van der Waals surface area contributed by atoms with Crippen LogP contribution in [-0.2, 0) is 0 Å². The van der Waals surface area contributed by atoms with E-state index in [2.05, 4.69) is 27.9 Å². The summed E-state index contributed by atoms with van der Waals surface area (Å²) in [5.74, 6) is 0.875. The third-order valence-corrected chi connectivity index (χ3v) is 3.47. The van der Waals surface area contributed by atoms with E-state index in [1.165, 1.54) is 18.5 Å². The van der Waals surface area contributed by atoms with E-state index in [-0.39, 0.29) is 0 Å². The number of carbonyl (C=O) groups is 1. The fraction of sp³-hybridized carbons (Fsp3) is 0.417. The van der Waals surface area contributed by atoms with Gasteiger partial charge < -0.3 is 4.90 Å². The third-order valence-electron chi connectivity index (χ3n) is 2.78. The maximum absolute atomic E-state index is 10.7. The number of aldehydes is 1. The molecular formula is C12H14BrNO. The third kappa shape index (κ3) is 2.59. The monoisotopic (exact) mass is 267 g/mol. The summed E-state index contributed by atoms with van der Waals surface area (Å²) >= 11 is 3.40. The van der Waals surface area contributed by atoms with E-state index < -0.39 is 0 Å². The van der Waals surface area contributed by atoms with Gasteiger partial charge in [0.05, 0.1) is 0 Å². The average Bonchev–Trinajstić information content (AvgIpc) is 3.01. The molecule has 1 saturated carbocycles. The fourth-order valence-electron chi connectivity index (χ4n) is 1.64. The highest BCUT2D eigenvalue weighted by molar-refractivity contribution is 9.10. The first-order chi connectivity index (χ1) is 7.20. The first-order valence-corrected chi connectivity index (χ1v) is 5.96. The van der Waals surface area contributed by atoms with Crippen molar-refractivity contribution >= 4 is 27.9 Å². The lowest BCUT2D eigenvalue weighted by molar-refractivity contribution is 0.112. The van der Waals surface area contributed by atoms with Crippen LogP contribution in [0.4, 0.5) is 5.69 Å². The van der Waals surface area contributed by atoms with Crippen molar-refractivity contribution in [3.05, 3.63) is 28.2 Å². The van der Waals surface area contributed by atoms with Crippen LogP contribution in [0.3, 0.4) is 0 Å². The van der Waals surface area contributed by atoms with E-state index in [1.807, 2.05) is 18.2 Å². The Kier molecular flexibility index (Phi) is 3.10. The van der Waals surface area contributed by atoms with Crippen LogP contribution in [0.1, 0.15) is 23.2 Å². The Balaban J connectivity index is 2.13. The summed E-state index contributed by atoms with van der Waals surface area (Å²) < 4.78 is 0.873. The number of nitrogens with zero attached hydrogens (tertiary/aromatic N) is 1. The predicted octanol–water partition coefficient (Wildman–Crippen LogP) is 3.11. The molecule has 0 unspecified atom stereocenters. The van der Waals surface area contributed by atoms with Crippen molar-refractivity contribution in [1.82, 2.24) is 0 Å². The van der Waals surface area contributed by atoms with Crippen LogP contribution in [0.25, 0.3) is 0 Å². The van der Waals surface area contributed by atoms with Gasteiger partial charge in [0.1, 0.15) is 0 Å². The smallest absolute Gasteiger partial charge is 0.151 e. The van der Waals surface area contributed by atoms with E-state index >= 15 is 0 Å². The zero-order chi connectivity index (χ0) is 10.8. The van der Waals surface area contributed by atoms with Gasteiger partial charge in [-0.25, -0.2) is 0 Å². The number of carbonyl (C=O) groups excluding carboxylic acids is 1. The molecule has 2 nitrogen and oxygen atoms in total. The zero-order valence-corrected chi connectivity index (χ0v) is 10.3. The highest BCUT2D eigenvalue weighted by atomic mass is 79.9. The quantitative estimate of drug-likeness (QED) is 0.782. The van der Waals surface area contributed by atoms with Gasteiger partial charge in [0.2, 0.25) is 0 Å². The van der Waals surface area contributed by atoms with Crippen molar-refractivity contribution in [2.75, 3.05) is 18.5 Å². The largest absolute Gasteiger partial charge is 0.374 e. The summed E-state index contributed by atoms with van der Waals surface area (Å²) in [5.41, 5.74) is 1.87. The molecule has 0 saturated heterocycles. The highest BCUT2D eigenvalue weighted by Crippen LogP contribution is 2.31. The molecular weight excluding hydrogens is 254 g/mol. The first-order valence-electron chi connectivity index (χ1n) is 5.16. The minimum absolute atomic E-state index is 0.707. The van der Waals surface area contributed by atoms with Gasteiger partial charge >= 0.3 is 0 Å². The minimum atomic E-state index is 0.707. The van der Waals surface area contributed by atoms with Crippen LogP contribution in [0, 0.1) is 5.92 Å². The lowest BCUT2D eigenvalue weighted by atomic mass is 10.2. The molecule has 1 aromatic rings. The van der Waals surface area contributed by atoms with Gasteiger partial charge in [-0.15, -0.1) is 0 Å². The average molecular weight is 268 g/mol. The van der Waals surface area contributed by atoms with E-state index in [1.54, 1.807) is 0 Å². The van der Waals surface area contributed by atoms with Crippen molar-refractivity contribution in [1.29, 1.82) is 0 Å². The molecule has 0 atom stereocenters. The summed E-state index contributed by atoms with van der Waals surface area (Å²) in [6.07, 6.45) is 3.59. The van der Waals surface area contributed by atoms with Gasteiger partial charge in [-0.1, -0.05) is 0 Å². The molecule has 0 heterocycles. The Morgan fingerprint density at radius 1 is 1.53 bits per heavy atom. The number of halogens is 1. The standard InChI is InChI=1S/C12H14BrNO/c1-14(7-9-2-3-9)11-5-4-10(8-15)12(13)6-11/h4-6,8-9H,2-3,7H2,1H3. The lowest BCUT2D eigenvalue weighted by Crippen LogP contribution is -2.19. The molecule has 1 aliphatic carbocycles. The summed E-state index contributed by atoms with van der Waals surface area (Å²) in [6, 6.07) is 5.86. The molecule has 1 aliphatic rings. The summed E-state index contributed by atoms with van der Waals surface area (Å²) in [6.45, 7) is 1.12. The number of hydrogen-bond acceptors (Lipinski definition) is 2. The maximum Gasteiger partial charge on any atom is 0.151 e. The number of anilines is 1. The number of rotatable bonds is 4. The van der Waals surface area contributed by atoms with Crippen LogP contribution in [0.15, 0.2) is 22.7 Å². The molecule has 0 aliphatic heterocycles. The molecule has 15 heavy (non-hydrogen) atoms. The summed E-state index contributed by atoms with van der Waals surface area (Å²) in [7, 11) is 2.10. The number of hydrogen-bond donors (Lipinski definition) is 0. The summed E-state index contributed by atoms with van der Waals surface area (Å²) in [4.78, 5) is 12.9. The fourth-order valence-corrected chi connectivity index (χ4v) is 2.10. The SMILES string of the molecule is CN(CC1CC1)c1ccc(C=O)c(Br)c1. The van der Waals surface area contributed by atoms with Gasteiger partial charge in [-0.3, -0.25) is 4.79 Å². The van der Waals surface area contributed by atoms with Crippen molar-refractivity contribution in [2.24, 2.45) is 5.92 Å². The molecule has 0 amide bonds. The molecule has 3 heteroatoms. The van der Waals surface area contributed by atoms with Gasteiger partial charge in [-0.2, -0.15) is 0 Å². The van der Waals surface area contributed by atoms with Crippen LogP contribution in [0.2, 0.25) is 0 Å². The molecule has 1 fully saturated rings. The van der Waals surface area contributed by atoms with Crippen LogP contribution in [-0.4, -0.2) is 19.9 Å². The van der Waals surface area contributed by atoms with Crippen molar-refractivity contribution in [2.45, 2.75) is 12.8 Å². The predicted molar refractivity (Wildman–Crippen MR) is 65.5 cm³/mol. The van der Waals surface area contributed by atoms with E-state index in [0.717, 1.165) is 23.2 Å². The van der Waals surface area contributed by atoms with Crippen molar-refractivity contribution in [3.63, 3.8) is 0 Å². The minimum Gasteiger partial charge on any atom is -0.374 e. The van der Waals surface area contributed by atoms with Crippen LogP contribution < -0.4 is 4.90 Å². The molecule has 2 rings (SSSR count). The first kappa shape index (κ1) is 10.7. The Morgan fingerprint density at radius 3 is 2.80 bits per heavy atom. The highest BCUT2D eigenvalue weighted by Gasteiger charge is 2.23. The molecule has 80 valence electrons. The molecule has 0 N–H and O–H groups in total. The van der Waals surface area contributed by atoms with Crippen LogP contribution in [0.5, 0.6) is 0 Å². The second-order valence-corrected chi connectivity index (χ2v) is 5.00. The summed E-state index contributed by atoms with van der Waals surface area (Å²) in [5, 5.41) is 0. The Bertz CT molecular complexity index is 374. The van der Waals surface area contributed by atoms with E-state index in [0.29, 0.717) is 5.56 Å². The van der Waals surface area contributed by atoms with Crippen LogP contribution >= 0.6 is 15.9 Å². The van der Waals surface area contributed by atoms with Crippen molar-refractivity contribution in [3.8, 4) is 0 Å². The molecule has 0 aromatic heterocycles. The Hall–Kier alpha value is -0.830. The molecule has 0 bridgehead atoms. The normalized spacial score (nSPS) is 15.1. The van der Waals surface area contributed by atoms with E-state index in [9.17, 15) is 4.79 Å². The molecule has 0 radical (unpaired) electrons. The lowest BCUT2D eigenvalue weighted by Gasteiger charge is -2.19. The van der Waals surface area contributed by atoms with Gasteiger partial charge in [-0.05, 0) is 52.9 Å². The van der Waals surface area contributed by atoms with Gasteiger partial charge in [0.25, 0.3) is 0 Å². The van der Waals surface area contributed by atoms with Gasteiger partial charge in [0, 0.05) is 29.3 Å². The zero-order valence-electron chi connectivity index (χ0n) is 8.74. The second kappa shape index (κ2) is 4.35. The topological polar surface area (TPSA) is 20.3 Å². The molecule has 0 spiro atoms. The molecule has 1 aromatic carbocycles. The Labute approximate surface area is 98.4 Å². The maximum atomic E-state index is 10.7. The van der Waals surface area contributed by atoms with Gasteiger partial charge in [0.15, 0.2) is 6.29 Å². The van der Waals surface area contributed by atoms with E-state index in [4.69, 9.17) is 0 Å². The second-order valence-electron chi connectivity index (χ2n) is 4.15. The Morgan fingerprint density at radius 2 is 2.27 bits per heavy atom.